The van der Waals surface area contributed by atoms with Gasteiger partial charge in [-0.1, -0.05) is 30.3 Å². The van der Waals surface area contributed by atoms with Gasteiger partial charge in [0.25, 0.3) is 0 Å². The number of aryl methyl sites for hydroxylation is 1. The molecule has 0 aromatic heterocycles. The lowest BCUT2D eigenvalue weighted by Crippen LogP contribution is -2.50. The number of nitrogens with two attached hydrogens (primary N) is 1. The Morgan fingerprint density at radius 3 is 2.55 bits per heavy atom. The van der Waals surface area contributed by atoms with Crippen LogP contribution in [0.2, 0.25) is 0 Å². The fourth-order valence-electron chi connectivity index (χ4n) is 2.23. The molecule has 7 heteroatoms. The minimum atomic E-state index is -3.47. The van der Waals surface area contributed by atoms with E-state index < -0.39 is 21.5 Å². The third-order valence-corrected chi connectivity index (χ3v) is 5.40. The summed E-state index contributed by atoms with van der Waals surface area (Å²) in [7, 11) is -3.47. The Labute approximate surface area is 118 Å². The molecule has 1 saturated heterocycles. The molecule has 6 nitrogen and oxygen atoms in total. The molecular formula is C13H18N2O4S. The van der Waals surface area contributed by atoms with Crippen molar-refractivity contribution in [2.24, 2.45) is 5.73 Å². The molecule has 20 heavy (non-hydrogen) atoms. The Hall–Kier alpha value is -1.44. The number of hydrogen-bond acceptors (Lipinski definition) is 4. The molecule has 3 N–H and O–H groups in total. The van der Waals surface area contributed by atoms with Gasteiger partial charge in [0.15, 0.2) is 0 Å². The van der Waals surface area contributed by atoms with E-state index >= 15 is 0 Å². The van der Waals surface area contributed by atoms with Crippen molar-refractivity contribution in [1.82, 2.24) is 4.31 Å². The second-order valence-electron chi connectivity index (χ2n) is 5.10. The average Bonchev–Trinajstić information content (AvgIpc) is 2.83. The van der Waals surface area contributed by atoms with Gasteiger partial charge in [-0.3, -0.25) is 4.79 Å². The number of aliphatic carboxylic acids is 1. The number of carbonyl (C=O) groups is 1. The fraction of sp³-hybridized carbons (Fsp3) is 0.462. The van der Waals surface area contributed by atoms with Crippen molar-refractivity contribution in [1.29, 1.82) is 0 Å². The van der Waals surface area contributed by atoms with Gasteiger partial charge >= 0.3 is 5.97 Å². The highest BCUT2D eigenvalue weighted by atomic mass is 32.2. The highest BCUT2D eigenvalue weighted by Crippen LogP contribution is 2.22. The molecule has 0 saturated carbocycles. The van der Waals surface area contributed by atoms with Crippen LogP contribution in [0, 0.1) is 0 Å². The van der Waals surface area contributed by atoms with E-state index in [1.54, 1.807) is 0 Å². The minimum Gasteiger partial charge on any atom is -0.480 e. The van der Waals surface area contributed by atoms with Crippen LogP contribution in [0.3, 0.4) is 0 Å². The normalized spacial score (nSPS) is 23.9. The van der Waals surface area contributed by atoms with E-state index in [4.69, 9.17) is 10.8 Å². The Morgan fingerprint density at radius 1 is 1.35 bits per heavy atom. The lowest BCUT2D eigenvalue weighted by molar-refractivity contribution is -0.142. The van der Waals surface area contributed by atoms with Crippen LogP contribution in [0.5, 0.6) is 0 Å². The van der Waals surface area contributed by atoms with E-state index in [1.807, 2.05) is 30.3 Å². The molecular weight excluding hydrogens is 280 g/mol. The summed E-state index contributed by atoms with van der Waals surface area (Å²) in [5.41, 5.74) is 5.17. The maximum Gasteiger partial charge on any atom is 0.325 e. The summed E-state index contributed by atoms with van der Waals surface area (Å²) in [5.74, 6) is -1.19. The summed E-state index contributed by atoms with van der Waals surface area (Å²) >= 11 is 0. The lowest BCUT2D eigenvalue weighted by Gasteiger charge is -2.20. The quantitative estimate of drug-likeness (QED) is 0.799. The van der Waals surface area contributed by atoms with Gasteiger partial charge < -0.3 is 10.8 Å². The summed E-state index contributed by atoms with van der Waals surface area (Å²) in [6.45, 7) is 0.0133. The standard InChI is InChI=1S/C13H18N2O4S/c14-13(12(16)17)7-8-15(10-13)20(18,19)9-6-11-4-2-1-3-5-11/h1-5H,6-10,14H2,(H,16,17). The summed E-state index contributed by atoms with van der Waals surface area (Å²) in [6.07, 6.45) is 0.553. The van der Waals surface area contributed by atoms with Crippen molar-refractivity contribution >= 4 is 16.0 Å². The van der Waals surface area contributed by atoms with Crippen LogP contribution in [0.4, 0.5) is 0 Å². The van der Waals surface area contributed by atoms with Crippen molar-refractivity contribution in [3.05, 3.63) is 35.9 Å². The highest BCUT2D eigenvalue weighted by molar-refractivity contribution is 7.89. The van der Waals surface area contributed by atoms with Gasteiger partial charge in [0.1, 0.15) is 5.54 Å². The Balaban J connectivity index is 2.00. The first-order valence-corrected chi connectivity index (χ1v) is 7.98. The maximum atomic E-state index is 12.2. The average molecular weight is 298 g/mol. The van der Waals surface area contributed by atoms with E-state index in [2.05, 4.69) is 0 Å². The van der Waals surface area contributed by atoms with Crippen LogP contribution in [-0.4, -0.2) is 48.2 Å². The maximum absolute atomic E-state index is 12.2. The van der Waals surface area contributed by atoms with Crippen molar-refractivity contribution in [2.45, 2.75) is 18.4 Å². The molecule has 1 heterocycles. The van der Waals surface area contributed by atoms with Gasteiger partial charge in [-0.2, -0.15) is 4.31 Å². The molecule has 1 atom stereocenters. The van der Waals surface area contributed by atoms with Crippen LogP contribution < -0.4 is 5.73 Å². The van der Waals surface area contributed by atoms with E-state index in [0.717, 1.165) is 5.56 Å². The molecule has 1 unspecified atom stereocenters. The predicted molar refractivity (Wildman–Crippen MR) is 74.7 cm³/mol. The topological polar surface area (TPSA) is 101 Å². The van der Waals surface area contributed by atoms with Gasteiger partial charge in [-0.15, -0.1) is 0 Å². The molecule has 0 radical (unpaired) electrons. The molecule has 0 amide bonds. The first-order chi connectivity index (χ1) is 9.33. The van der Waals surface area contributed by atoms with Crippen LogP contribution >= 0.6 is 0 Å². The van der Waals surface area contributed by atoms with Gasteiger partial charge in [-0.05, 0) is 18.4 Å². The smallest absolute Gasteiger partial charge is 0.325 e. The molecule has 110 valence electrons. The molecule has 1 aliphatic rings. The van der Waals surface area contributed by atoms with Gasteiger partial charge in [0.05, 0.1) is 5.75 Å². The van der Waals surface area contributed by atoms with E-state index in [0.29, 0.717) is 6.42 Å². The van der Waals surface area contributed by atoms with Crippen molar-refractivity contribution in [3.63, 3.8) is 0 Å². The lowest BCUT2D eigenvalue weighted by atomic mass is 10.0. The summed E-state index contributed by atoms with van der Waals surface area (Å²) in [6, 6.07) is 9.31. The van der Waals surface area contributed by atoms with Crippen LogP contribution in [0.15, 0.2) is 30.3 Å². The zero-order chi connectivity index (χ0) is 14.8. The molecule has 0 bridgehead atoms. The van der Waals surface area contributed by atoms with E-state index in [1.165, 1.54) is 4.31 Å². The third-order valence-electron chi connectivity index (χ3n) is 3.58. The van der Waals surface area contributed by atoms with Crippen LogP contribution in [-0.2, 0) is 21.2 Å². The van der Waals surface area contributed by atoms with Crippen molar-refractivity contribution < 1.29 is 18.3 Å². The summed E-state index contributed by atoms with van der Waals surface area (Å²) < 4.78 is 25.6. The number of carboxylic acids is 1. The molecule has 1 aromatic carbocycles. The van der Waals surface area contributed by atoms with E-state index in [-0.39, 0.29) is 25.3 Å². The molecule has 1 fully saturated rings. The largest absolute Gasteiger partial charge is 0.480 e. The van der Waals surface area contributed by atoms with Crippen LogP contribution in [0.25, 0.3) is 0 Å². The van der Waals surface area contributed by atoms with Crippen molar-refractivity contribution in [2.75, 3.05) is 18.8 Å². The number of carboxylic acid groups (broad SMARTS) is 1. The number of nitrogens with zero attached hydrogens (tertiary/aromatic N) is 1. The number of benzene rings is 1. The highest BCUT2D eigenvalue weighted by Gasteiger charge is 2.44. The third kappa shape index (κ3) is 3.17. The van der Waals surface area contributed by atoms with Gasteiger partial charge in [0.2, 0.25) is 10.0 Å². The van der Waals surface area contributed by atoms with Crippen molar-refractivity contribution in [3.8, 4) is 0 Å². The minimum absolute atomic E-state index is 0.0350. The Kier molecular flexibility index (Phi) is 4.12. The number of hydrogen-bond donors (Lipinski definition) is 2. The summed E-state index contributed by atoms with van der Waals surface area (Å²) in [5, 5.41) is 9.02. The molecule has 2 rings (SSSR count). The molecule has 1 aromatic rings. The predicted octanol–water partition coefficient (Wildman–Crippen LogP) is 0.0467. The zero-order valence-electron chi connectivity index (χ0n) is 11.0. The Morgan fingerprint density at radius 2 is 2.00 bits per heavy atom. The second-order valence-corrected chi connectivity index (χ2v) is 7.18. The first-order valence-electron chi connectivity index (χ1n) is 6.37. The van der Waals surface area contributed by atoms with Gasteiger partial charge in [-0.25, -0.2) is 8.42 Å². The second kappa shape index (κ2) is 5.51. The Bertz CT molecular complexity index is 588. The SMILES string of the molecule is NC1(C(=O)O)CCN(S(=O)(=O)CCc2ccccc2)C1. The molecule has 0 spiro atoms. The fourth-order valence-corrected chi connectivity index (χ4v) is 3.78. The first kappa shape index (κ1) is 15.0. The molecule has 1 aliphatic heterocycles. The van der Waals surface area contributed by atoms with Gasteiger partial charge in [0, 0.05) is 13.1 Å². The van der Waals surface area contributed by atoms with E-state index in [9.17, 15) is 13.2 Å². The number of sulfonamides is 1. The van der Waals surface area contributed by atoms with Crippen LogP contribution in [0.1, 0.15) is 12.0 Å². The summed E-state index contributed by atoms with van der Waals surface area (Å²) in [4.78, 5) is 11.0. The monoisotopic (exact) mass is 298 g/mol. The number of rotatable bonds is 5. The zero-order valence-corrected chi connectivity index (χ0v) is 11.8. The molecule has 0 aliphatic carbocycles.